The zero-order chi connectivity index (χ0) is 10.5. The molecule has 15 heavy (non-hydrogen) atoms. The third-order valence-electron chi connectivity index (χ3n) is 1.61. The van der Waals surface area contributed by atoms with Crippen LogP contribution in [0.4, 0.5) is 0 Å². The maximum atomic E-state index is 11.3. The molecule has 0 bridgehead atoms. The van der Waals surface area contributed by atoms with Gasteiger partial charge in [0.25, 0.3) is 11.7 Å². The number of nitrogens with one attached hydrogen (secondary N) is 1. The average Bonchev–Trinajstić information content (AvgIpc) is 2.81. The summed E-state index contributed by atoms with van der Waals surface area (Å²) in [5, 5.41) is 5.97. The predicted octanol–water partition coefficient (Wildman–Crippen LogP) is -0.210. The molecule has 0 aromatic carbocycles. The van der Waals surface area contributed by atoms with Crippen LogP contribution >= 0.6 is 0 Å². The third-order valence-corrected chi connectivity index (χ3v) is 1.61. The Balaban J connectivity index is 1.92. The van der Waals surface area contributed by atoms with Gasteiger partial charge >= 0.3 is 0 Å². The summed E-state index contributed by atoms with van der Waals surface area (Å²) in [5.74, 6) is -0.409. The second-order valence-corrected chi connectivity index (χ2v) is 2.63. The van der Waals surface area contributed by atoms with Gasteiger partial charge in [0.05, 0.1) is 18.4 Å². The molecule has 1 N–H and O–H groups in total. The number of carbonyl (C=O) groups is 1. The summed E-state index contributed by atoms with van der Waals surface area (Å²) in [7, 11) is 0. The Kier molecular flexibility index (Phi) is 2.63. The van der Waals surface area contributed by atoms with Crippen molar-refractivity contribution in [3.63, 3.8) is 0 Å². The monoisotopic (exact) mass is 205 g/mol. The minimum Gasteiger partial charge on any atom is -0.343 e. The van der Waals surface area contributed by atoms with E-state index in [1.54, 1.807) is 18.6 Å². The molecular formula is C8H7N5O2. The highest BCUT2D eigenvalue weighted by atomic mass is 16.5. The molecule has 0 saturated heterocycles. The van der Waals surface area contributed by atoms with Crippen molar-refractivity contribution in [3.8, 4) is 0 Å². The van der Waals surface area contributed by atoms with Crippen LogP contribution in [-0.2, 0) is 6.54 Å². The lowest BCUT2D eigenvalue weighted by atomic mass is 10.4. The van der Waals surface area contributed by atoms with Crippen LogP contribution < -0.4 is 5.32 Å². The number of hydrogen-bond donors (Lipinski definition) is 1. The molecule has 76 valence electrons. The summed E-state index contributed by atoms with van der Waals surface area (Å²) in [4.78, 5) is 22.8. The molecule has 7 heteroatoms. The Morgan fingerprint density at radius 1 is 1.40 bits per heavy atom. The standard InChI is InChI=1S/C8H7N5O2/c14-8(7-12-5-15-13-7)11-4-6-3-9-1-2-10-6/h1-3,5H,4H2,(H,11,14). The minimum atomic E-state index is -0.408. The topological polar surface area (TPSA) is 93.8 Å². The Hall–Kier alpha value is -2.31. The van der Waals surface area contributed by atoms with Gasteiger partial charge in [-0.05, 0) is 0 Å². The van der Waals surface area contributed by atoms with Crippen molar-refractivity contribution in [1.29, 1.82) is 0 Å². The van der Waals surface area contributed by atoms with Gasteiger partial charge in [0.2, 0.25) is 6.39 Å². The Bertz CT molecular complexity index is 428. The van der Waals surface area contributed by atoms with Gasteiger partial charge in [0, 0.05) is 12.4 Å². The molecule has 2 aromatic heterocycles. The van der Waals surface area contributed by atoms with Crippen LogP contribution in [-0.4, -0.2) is 26.0 Å². The fraction of sp³-hybridized carbons (Fsp3) is 0.125. The highest BCUT2D eigenvalue weighted by Crippen LogP contribution is 1.92. The summed E-state index contributed by atoms with van der Waals surface area (Å²) in [6.07, 6.45) is 5.77. The number of nitrogens with zero attached hydrogens (tertiary/aromatic N) is 4. The molecule has 7 nitrogen and oxygen atoms in total. The molecule has 2 rings (SSSR count). The lowest BCUT2D eigenvalue weighted by molar-refractivity contribution is 0.0937. The van der Waals surface area contributed by atoms with Crippen LogP contribution in [0.5, 0.6) is 0 Å². The van der Waals surface area contributed by atoms with Gasteiger partial charge in [-0.25, -0.2) is 0 Å². The number of carbonyl (C=O) groups excluding carboxylic acids is 1. The fourth-order valence-electron chi connectivity index (χ4n) is 0.942. The Labute approximate surface area is 84.6 Å². The SMILES string of the molecule is O=C(NCc1cnccn1)c1ncon1. The maximum absolute atomic E-state index is 11.3. The van der Waals surface area contributed by atoms with E-state index in [1.165, 1.54) is 0 Å². The third kappa shape index (κ3) is 2.33. The Morgan fingerprint density at radius 2 is 2.33 bits per heavy atom. The molecule has 0 fully saturated rings. The average molecular weight is 205 g/mol. The zero-order valence-corrected chi connectivity index (χ0v) is 7.62. The summed E-state index contributed by atoms with van der Waals surface area (Å²) in [6, 6.07) is 0. The van der Waals surface area contributed by atoms with Crippen molar-refractivity contribution in [2.75, 3.05) is 0 Å². The molecule has 0 saturated carbocycles. The molecule has 0 unspecified atom stereocenters. The Morgan fingerprint density at radius 3 is 3.00 bits per heavy atom. The van der Waals surface area contributed by atoms with Crippen molar-refractivity contribution in [3.05, 3.63) is 36.5 Å². The van der Waals surface area contributed by atoms with Crippen LogP contribution in [0.3, 0.4) is 0 Å². The summed E-state index contributed by atoms with van der Waals surface area (Å²) in [5.41, 5.74) is 0.661. The van der Waals surface area contributed by atoms with Crippen molar-refractivity contribution in [2.24, 2.45) is 0 Å². The van der Waals surface area contributed by atoms with Gasteiger partial charge in [-0.15, -0.1) is 0 Å². The molecule has 0 atom stereocenters. The smallest absolute Gasteiger partial charge is 0.293 e. The van der Waals surface area contributed by atoms with Gasteiger partial charge in [0.15, 0.2) is 0 Å². The van der Waals surface area contributed by atoms with Gasteiger partial charge in [-0.1, -0.05) is 5.16 Å². The van der Waals surface area contributed by atoms with Gasteiger partial charge in [-0.3, -0.25) is 14.8 Å². The molecule has 2 heterocycles. The van der Waals surface area contributed by atoms with E-state index in [9.17, 15) is 4.79 Å². The van der Waals surface area contributed by atoms with Crippen LogP contribution in [0, 0.1) is 0 Å². The van der Waals surface area contributed by atoms with E-state index in [-0.39, 0.29) is 12.4 Å². The van der Waals surface area contributed by atoms with Crippen LogP contribution in [0.2, 0.25) is 0 Å². The van der Waals surface area contributed by atoms with Crippen molar-refractivity contribution in [2.45, 2.75) is 6.54 Å². The first-order chi connectivity index (χ1) is 7.36. The quantitative estimate of drug-likeness (QED) is 0.745. The van der Waals surface area contributed by atoms with E-state index in [1.807, 2.05) is 0 Å². The van der Waals surface area contributed by atoms with Crippen LogP contribution in [0.1, 0.15) is 16.3 Å². The van der Waals surface area contributed by atoms with Gasteiger partial charge in [0.1, 0.15) is 0 Å². The molecule has 0 aliphatic heterocycles. The number of aromatic nitrogens is 4. The van der Waals surface area contributed by atoms with Crippen molar-refractivity contribution in [1.82, 2.24) is 25.4 Å². The van der Waals surface area contributed by atoms with Crippen LogP contribution in [0.25, 0.3) is 0 Å². The molecule has 0 radical (unpaired) electrons. The first-order valence-corrected chi connectivity index (χ1v) is 4.16. The fourth-order valence-corrected chi connectivity index (χ4v) is 0.942. The molecular weight excluding hydrogens is 198 g/mol. The maximum Gasteiger partial charge on any atom is 0.293 e. The first kappa shape index (κ1) is 9.25. The van der Waals surface area contributed by atoms with Gasteiger partial charge in [-0.2, -0.15) is 4.98 Å². The van der Waals surface area contributed by atoms with E-state index < -0.39 is 5.91 Å². The van der Waals surface area contributed by atoms with E-state index in [0.717, 1.165) is 6.39 Å². The second kappa shape index (κ2) is 4.27. The number of hydrogen-bond acceptors (Lipinski definition) is 6. The number of amides is 1. The normalized spacial score (nSPS) is 9.87. The van der Waals surface area contributed by atoms with Crippen molar-refractivity contribution < 1.29 is 9.32 Å². The highest BCUT2D eigenvalue weighted by Gasteiger charge is 2.09. The largest absolute Gasteiger partial charge is 0.343 e. The molecule has 0 aliphatic rings. The molecule has 0 spiro atoms. The summed E-state index contributed by atoms with van der Waals surface area (Å²) < 4.78 is 4.44. The second-order valence-electron chi connectivity index (χ2n) is 2.63. The van der Waals surface area contributed by atoms with E-state index in [2.05, 4.69) is 29.9 Å². The highest BCUT2D eigenvalue weighted by molar-refractivity contribution is 5.89. The van der Waals surface area contributed by atoms with E-state index >= 15 is 0 Å². The summed E-state index contributed by atoms with van der Waals surface area (Å²) in [6.45, 7) is 0.279. The predicted molar refractivity (Wildman–Crippen MR) is 47.5 cm³/mol. The van der Waals surface area contributed by atoms with E-state index in [4.69, 9.17) is 0 Å². The van der Waals surface area contributed by atoms with Crippen LogP contribution in [0.15, 0.2) is 29.5 Å². The van der Waals surface area contributed by atoms with E-state index in [0.29, 0.717) is 5.69 Å². The summed E-state index contributed by atoms with van der Waals surface area (Å²) >= 11 is 0. The lowest BCUT2D eigenvalue weighted by Gasteiger charge is -1.99. The molecule has 2 aromatic rings. The molecule has 1 amide bonds. The number of rotatable bonds is 3. The lowest BCUT2D eigenvalue weighted by Crippen LogP contribution is -2.24. The van der Waals surface area contributed by atoms with Crippen molar-refractivity contribution >= 4 is 5.91 Å². The van der Waals surface area contributed by atoms with Gasteiger partial charge < -0.3 is 9.84 Å². The first-order valence-electron chi connectivity index (χ1n) is 4.16. The molecule has 0 aliphatic carbocycles. The minimum absolute atomic E-state index is 0.00103. The zero-order valence-electron chi connectivity index (χ0n) is 7.62.